The first-order chi connectivity index (χ1) is 6.74. The second-order valence-electron chi connectivity index (χ2n) is 3.30. The Labute approximate surface area is 93.5 Å². The van der Waals surface area contributed by atoms with Crippen molar-refractivity contribution in [1.29, 1.82) is 0 Å². The molecule has 0 bridgehead atoms. The van der Waals surface area contributed by atoms with Crippen LogP contribution in [-0.4, -0.2) is 11.7 Å². The average molecular weight is 258 g/mol. The monoisotopic (exact) mass is 257 g/mol. The molecular formula is C11H16BrNO. The molecule has 0 aliphatic heterocycles. The number of phenolic OH excluding ortho intramolecular Hbond substituents is 1. The van der Waals surface area contributed by atoms with Crippen LogP contribution >= 0.6 is 15.9 Å². The summed E-state index contributed by atoms with van der Waals surface area (Å²) in [7, 11) is 0. The third-order valence-corrected chi connectivity index (χ3v) is 2.56. The fraction of sp³-hybridized carbons (Fsp3) is 0.455. The van der Waals surface area contributed by atoms with E-state index < -0.39 is 0 Å². The van der Waals surface area contributed by atoms with Crippen LogP contribution in [0.25, 0.3) is 0 Å². The van der Waals surface area contributed by atoms with E-state index in [1.54, 1.807) is 6.07 Å². The molecule has 0 saturated heterocycles. The summed E-state index contributed by atoms with van der Waals surface area (Å²) in [6, 6.07) is 5.49. The Morgan fingerprint density at radius 3 is 2.93 bits per heavy atom. The molecule has 2 N–H and O–H groups in total. The van der Waals surface area contributed by atoms with E-state index in [0.717, 1.165) is 23.1 Å². The van der Waals surface area contributed by atoms with Gasteiger partial charge in [-0.1, -0.05) is 29.3 Å². The molecule has 0 aromatic heterocycles. The molecule has 1 aromatic carbocycles. The highest BCUT2D eigenvalue weighted by Crippen LogP contribution is 2.21. The molecule has 0 fully saturated rings. The van der Waals surface area contributed by atoms with Crippen LogP contribution in [0.3, 0.4) is 0 Å². The first-order valence-electron chi connectivity index (χ1n) is 4.92. The van der Waals surface area contributed by atoms with Crippen LogP contribution in [0.4, 0.5) is 0 Å². The number of rotatable bonds is 5. The third kappa shape index (κ3) is 3.68. The first-order valence-corrected chi connectivity index (χ1v) is 5.71. The zero-order valence-corrected chi connectivity index (χ0v) is 9.97. The molecule has 0 unspecified atom stereocenters. The van der Waals surface area contributed by atoms with Crippen molar-refractivity contribution >= 4 is 15.9 Å². The number of aromatic hydroxyl groups is 1. The smallest absolute Gasteiger partial charge is 0.120 e. The summed E-state index contributed by atoms with van der Waals surface area (Å²) in [6.45, 7) is 3.89. The van der Waals surface area contributed by atoms with Gasteiger partial charge >= 0.3 is 0 Å². The highest BCUT2D eigenvalue weighted by atomic mass is 79.9. The van der Waals surface area contributed by atoms with E-state index in [0.29, 0.717) is 5.75 Å². The van der Waals surface area contributed by atoms with Gasteiger partial charge in [0.2, 0.25) is 0 Å². The minimum absolute atomic E-state index is 0.359. The van der Waals surface area contributed by atoms with Gasteiger partial charge < -0.3 is 10.4 Å². The normalized spacial score (nSPS) is 10.4. The van der Waals surface area contributed by atoms with Gasteiger partial charge in [-0.3, -0.25) is 0 Å². The number of unbranched alkanes of at least 4 members (excludes halogenated alkanes) is 1. The maximum absolute atomic E-state index is 9.53. The molecule has 0 saturated carbocycles. The quantitative estimate of drug-likeness (QED) is 0.795. The van der Waals surface area contributed by atoms with Gasteiger partial charge in [0, 0.05) is 16.6 Å². The number of phenols is 1. The predicted molar refractivity (Wildman–Crippen MR) is 62.4 cm³/mol. The van der Waals surface area contributed by atoms with Crippen molar-refractivity contribution in [2.75, 3.05) is 6.54 Å². The summed E-state index contributed by atoms with van der Waals surface area (Å²) >= 11 is 3.38. The van der Waals surface area contributed by atoms with Gasteiger partial charge in [-0.05, 0) is 31.2 Å². The fourth-order valence-corrected chi connectivity index (χ4v) is 1.63. The van der Waals surface area contributed by atoms with E-state index in [9.17, 15) is 5.11 Å². The molecule has 0 atom stereocenters. The molecule has 3 heteroatoms. The van der Waals surface area contributed by atoms with E-state index in [1.165, 1.54) is 12.8 Å². The number of benzene rings is 1. The van der Waals surface area contributed by atoms with E-state index >= 15 is 0 Å². The van der Waals surface area contributed by atoms with E-state index in [4.69, 9.17) is 0 Å². The largest absolute Gasteiger partial charge is 0.508 e. The molecule has 0 spiro atoms. The maximum Gasteiger partial charge on any atom is 0.120 e. The van der Waals surface area contributed by atoms with Gasteiger partial charge in [0.05, 0.1) is 0 Å². The van der Waals surface area contributed by atoms with Crippen LogP contribution in [-0.2, 0) is 6.54 Å². The lowest BCUT2D eigenvalue weighted by molar-refractivity contribution is 0.464. The van der Waals surface area contributed by atoms with Crippen molar-refractivity contribution in [2.24, 2.45) is 0 Å². The maximum atomic E-state index is 9.53. The topological polar surface area (TPSA) is 32.3 Å². The van der Waals surface area contributed by atoms with Crippen LogP contribution in [0.15, 0.2) is 22.7 Å². The van der Waals surface area contributed by atoms with Crippen molar-refractivity contribution in [3.63, 3.8) is 0 Å². The molecule has 0 radical (unpaired) electrons. The molecule has 0 heterocycles. The van der Waals surface area contributed by atoms with Crippen molar-refractivity contribution < 1.29 is 5.11 Å². The Hall–Kier alpha value is -0.540. The standard InChI is InChI=1S/C11H16BrNO/c1-2-3-6-13-8-9-7-10(12)4-5-11(9)14/h4-5,7,13-14H,2-3,6,8H2,1H3. The van der Waals surface area contributed by atoms with Crippen molar-refractivity contribution in [2.45, 2.75) is 26.3 Å². The van der Waals surface area contributed by atoms with E-state index in [-0.39, 0.29) is 0 Å². The zero-order valence-electron chi connectivity index (χ0n) is 8.39. The van der Waals surface area contributed by atoms with E-state index in [1.807, 2.05) is 12.1 Å². The molecule has 1 aromatic rings. The molecular weight excluding hydrogens is 242 g/mol. The Morgan fingerprint density at radius 2 is 2.21 bits per heavy atom. The van der Waals surface area contributed by atoms with Crippen LogP contribution < -0.4 is 5.32 Å². The summed E-state index contributed by atoms with van der Waals surface area (Å²) in [5, 5.41) is 12.8. The lowest BCUT2D eigenvalue weighted by Crippen LogP contribution is -2.14. The van der Waals surface area contributed by atoms with Gasteiger partial charge in [0.1, 0.15) is 5.75 Å². The van der Waals surface area contributed by atoms with E-state index in [2.05, 4.69) is 28.2 Å². The van der Waals surface area contributed by atoms with Gasteiger partial charge in [0.25, 0.3) is 0 Å². The van der Waals surface area contributed by atoms with Crippen molar-refractivity contribution in [3.05, 3.63) is 28.2 Å². The lowest BCUT2D eigenvalue weighted by Gasteiger charge is -2.06. The lowest BCUT2D eigenvalue weighted by atomic mass is 10.2. The summed E-state index contributed by atoms with van der Waals surface area (Å²) in [4.78, 5) is 0. The second-order valence-corrected chi connectivity index (χ2v) is 4.22. The predicted octanol–water partition coefficient (Wildman–Crippen LogP) is 3.04. The van der Waals surface area contributed by atoms with Crippen molar-refractivity contribution in [1.82, 2.24) is 5.32 Å². The molecule has 78 valence electrons. The zero-order chi connectivity index (χ0) is 10.4. The number of hydrogen-bond acceptors (Lipinski definition) is 2. The highest BCUT2D eigenvalue weighted by molar-refractivity contribution is 9.10. The van der Waals surface area contributed by atoms with Gasteiger partial charge in [-0.25, -0.2) is 0 Å². The van der Waals surface area contributed by atoms with Crippen LogP contribution in [0, 0.1) is 0 Å². The van der Waals surface area contributed by atoms with Crippen LogP contribution in [0.1, 0.15) is 25.3 Å². The average Bonchev–Trinajstić information content (AvgIpc) is 2.18. The van der Waals surface area contributed by atoms with Gasteiger partial charge in [-0.15, -0.1) is 0 Å². The summed E-state index contributed by atoms with van der Waals surface area (Å²) in [6.07, 6.45) is 2.37. The van der Waals surface area contributed by atoms with Crippen LogP contribution in [0.2, 0.25) is 0 Å². The number of hydrogen-bond donors (Lipinski definition) is 2. The molecule has 0 aliphatic carbocycles. The Kier molecular flexibility index (Phi) is 4.98. The van der Waals surface area contributed by atoms with Crippen LogP contribution in [0.5, 0.6) is 5.75 Å². The van der Waals surface area contributed by atoms with Crippen molar-refractivity contribution in [3.8, 4) is 5.75 Å². The number of nitrogens with one attached hydrogen (secondary N) is 1. The van der Waals surface area contributed by atoms with Gasteiger partial charge in [-0.2, -0.15) is 0 Å². The Morgan fingerprint density at radius 1 is 1.43 bits per heavy atom. The number of halogens is 1. The third-order valence-electron chi connectivity index (χ3n) is 2.06. The summed E-state index contributed by atoms with van der Waals surface area (Å²) < 4.78 is 1.00. The molecule has 1 rings (SSSR count). The first kappa shape index (κ1) is 11.5. The summed E-state index contributed by atoms with van der Waals surface area (Å²) in [5.41, 5.74) is 0.940. The Balaban J connectivity index is 2.45. The molecule has 2 nitrogen and oxygen atoms in total. The van der Waals surface area contributed by atoms with Gasteiger partial charge in [0.15, 0.2) is 0 Å². The highest BCUT2D eigenvalue weighted by Gasteiger charge is 2.00. The summed E-state index contributed by atoms with van der Waals surface area (Å²) in [5.74, 6) is 0.359. The minimum Gasteiger partial charge on any atom is -0.508 e. The molecule has 0 amide bonds. The SMILES string of the molecule is CCCCNCc1cc(Br)ccc1O. The Bertz CT molecular complexity index is 289. The second kappa shape index (κ2) is 6.04. The molecule has 0 aliphatic rings. The molecule has 14 heavy (non-hydrogen) atoms. The minimum atomic E-state index is 0.359. The fourth-order valence-electron chi connectivity index (χ4n) is 1.22.